The Labute approximate surface area is 127 Å². The zero-order valence-corrected chi connectivity index (χ0v) is 12.1. The Morgan fingerprint density at radius 3 is 2.62 bits per heavy atom. The SMILES string of the molecule is NCC#Cc1cccc(CSc2ccc([N+](=O)[O-])cc2)c1. The fourth-order valence-electron chi connectivity index (χ4n) is 1.72. The van der Waals surface area contributed by atoms with Gasteiger partial charge in [-0.15, -0.1) is 11.8 Å². The van der Waals surface area contributed by atoms with Crippen molar-refractivity contribution in [3.63, 3.8) is 0 Å². The fraction of sp³-hybridized carbons (Fsp3) is 0.125. The molecule has 0 aromatic heterocycles. The van der Waals surface area contributed by atoms with Gasteiger partial charge >= 0.3 is 0 Å². The Hall–Kier alpha value is -2.29. The van der Waals surface area contributed by atoms with Gasteiger partial charge in [-0.1, -0.05) is 24.0 Å². The molecule has 2 aromatic carbocycles. The molecule has 0 aliphatic rings. The number of hydrogen-bond donors (Lipinski definition) is 1. The Balaban J connectivity index is 2.01. The zero-order chi connectivity index (χ0) is 15.1. The summed E-state index contributed by atoms with van der Waals surface area (Å²) in [5.74, 6) is 6.62. The van der Waals surface area contributed by atoms with Crippen molar-refractivity contribution in [2.45, 2.75) is 10.6 Å². The summed E-state index contributed by atoms with van der Waals surface area (Å²) in [6, 6.07) is 14.5. The van der Waals surface area contributed by atoms with Crippen molar-refractivity contribution < 1.29 is 4.92 Å². The van der Waals surface area contributed by atoms with Crippen LogP contribution in [0.2, 0.25) is 0 Å². The van der Waals surface area contributed by atoms with Crippen molar-refractivity contribution in [3.05, 3.63) is 69.8 Å². The predicted molar refractivity (Wildman–Crippen MR) is 85.0 cm³/mol. The molecule has 21 heavy (non-hydrogen) atoms. The molecule has 0 aliphatic carbocycles. The molecule has 2 rings (SSSR count). The van der Waals surface area contributed by atoms with Crippen molar-refractivity contribution in [1.82, 2.24) is 0 Å². The van der Waals surface area contributed by atoms with Crippen molar-refractivity contribution in [1.29, 1.82) is 0 Å². The van der Waals surface area contributed by atoms with E-state index in [0.29, 0.717) is 6.54 Å². The average molecular weight is 298 g/mol. The van der Waals surface area contributed by atoms with E-state index in [1.54, 1.807) is 23.9 Å². The van der Waals surface area contributed by atoms with Gasteiger partial charge in [-0.05, 0) is 29.8 Å². The maximum absolute atomic E-state index is 10.6. The molecule has 0 bridgehead atoms. The summed E-state index contributed by atoms with van der Waals surface area (Å²) in [6.07, 6.45) is 0. The molecule has 0 saturated heterocycles. The number of hydrogen-bond acceptors (Lipinski definition) is 4. The zero-order valence-electron chi connectivity index (χ0n) is 11.3. The number of nitro benzene ring substituents is 1. The van der Waals surface area contributed by atoms with Crippen LogP contribution in [0.15, 0.2) is 53.4 Å². The minimum atomic E-state index is -0.395. The van der Waals surface area contributed by atoms with E-state index in [2.05, 4.69) is 11.8 Å². The third kappa shape index (κ3) is 4.63. The van der Waals surface area contributed by atoms with E-state index < -0.39 is 4.92 Å². The first-order valence-corrected chi connectivity index (χ1v) is 7.33. The highest BCUT2D eigenvalue weighted by Gasteiger charge is 2.04. The number of nitrogens with two attached hydrogens (primary N) is 1. The third-order valence-corrected chi connectivity index (χ3v) is 3.80. The predicted octanol–water partition coefficient (Wildman–Crippen LogP) is 3.20. The van der Waals surface area contributed by atoms with Gasteiger partial charge in [0.25, 0.3) is 5.69 Å². The van der Waals surface area contributed by atoms with Crippen LogP contribution in [0.5, 0.6) is 0 Å². The summed E-state index contributed by atoms with van der Waals surface area (Å²) < 4.78 is 0. The fourth-order valence-corrected chi connectivity index (χ4v) is 2.56. The molecule has 0 atom stereocenters. The number of nitrogens with zero attached hydrogens (tertiary/aromatic N) is 1. The highest BCUT2D eigenvalue weighted by Crippen LogP contribution is 2.25. The molecule has 0 aliphatic heterocycles. The quantitative estimate of drug-likeness (QED) is 0.407. The number of non-ortho nitro benzene ring substituents is 1. The van der Waals surface area contributed by atoms with Gasteiger partial charge in [0.15, 0.2) is 0 Å². The second-order valence-corrected chi connectivity index (χ2v) is 5.29. The minimum absolute atomic E-state index is 0.110. The smallest absolute Gasteiger partial charge is 0.269 e. The van der Waals surface area contributed by atoms with E-state index in [4.69, 9.17) is 5.73 Å². The first kappa shape index (κ1) is 15.1. The van der Waals surface area contributed by atoms with Gasteiger partial charge in [-0.3, -0.25) is 10.1 Å². The number of rotatable bonds is 4. The molecule has 0 unspecified atom stereocenters. The average Bonchev–Trinajstić information content (AvgIpc) is 2.52. The number of nitro groups is 1. The van der Waals surface area contributed by atoms with Gasteiger partial charge in [0.2, 0.25) is 0 Å². The molecular formula is C16H14N2O2S. The molecule has 2 N–H and O–H groups in total. The summed E-state index contributed by atoms with van der Waals surface area (Å²) in [7, 11) is 0. The van der Waals surface area contributed by atoms with Crippen LogP contribution in [0.1, 0.15) is 11.1 Å². The van der Waals surface area contributed by atoms with Crippen LogP contribution in [0, 0.1) is 22.0 Å². The molecule has 2 aromatic rings. The van der Waals surface area contributed by atoms with E-state index in [0.717, 1.165) is 21.8 Å². The van der Waals surface area contributed by atoms with Crippen LogP contribution in [0.4, 0.5) is 5.69 Å². The molecule has 4 nitrogen and oxygen atoms in total. The van der Waals surface area contributed by atoms with E-state index in [1.807, 2.05) is 24.3 Å². The van der Waals surface area contributed by atoms with Crippen molar-refractivity contribution >= 4 is 17.4 Å². The van der Waals surface area contributed by atoms with Gasteiger partial charge in [0.1, 0.15) is 0 Å². The molecule has 106 valence electrons. The van der Waals surface area contributed by atoms with Gasteiger partial charge in [-0.2, -0.15) is 0 Å². The monoisotopic (exact) mass is 298 g/mol. The van der Waals surface area contributed by atoms with Crippen LogP contribution in [0.25, 0.3) is 0 Å². The van der Waals surface area contributed by atoms with E-state index in [1.165, 1.54) is 12.1 Å². The summed E-state index contributed by atoms with van der Waals surface area (Å²) in [5, 5.41) is 10.6. The van der Waals surface area contributed by atoms with Gasteiger partial charge < -0.3 is 5.73 Å². The van der Waals surface area contributed by atoms with Crippen LogP contribution in [0.3, 0.4) is 0 Å². The van der Waals surface area contributed by atoms with Gasteiger partial charge in [0.05, 0.1) is 11.5 Å². The van der Waals surface area contributed by atoms with Crippen LogP contribution >= 0.6 is 11.8 Å². The third-order valence-electron chi connectivity index (χ3n) is 2.71. The van der Waals surface area contributed by atoms with Crippen LogP contribution < -0.4 is 5.73 Å². The van der Waals surface area contributed by atoms with Crippen molar-refractivity contribution in [2.24, 2.45) is 5.73 Å². The van der Waals surface area contributed by atoms with Crippen molar-refractivity contribution in [2.75, 3.05) is 6.54 Å². The Kier molecular flexibility index (Phi) is 5.38. The Morgan fingerprint density at radius 2 is 1.95 bits per heavy atom. The van der Waals surface area contributed by atoms with E-state index in [-0.39, 0.29) is 5.69 Å². The largest absolute Gasteiger partial charge is 0.320 e. The first-order chi connectivity index (χ1) is 10.2. The number of benzene rings is 2. The lowest BCUT2D eigenvalue weighted by Crippen LogP contribution is -1.93. The lowest BCUT2D eigenvalue weighted by Gasteiger charge is -2.02. The highest BCUT2D eigenvalue weighted by atomic mass is 32.2. The number of thioether (sulfide) groups is 1. The molecule has 0 radical (unpaired) electrons. The molecule has 0 spiro atoms. The van der Waals surface area contributed by atoms with E-state index in [9.17, 15) is 10.1 Å². The molecular weight excluding hydrogens is 284 g/mol. The first-order valence-electron chi connectivity index (χ1n) is 6.34. The normalized spacial score (nSPS) is 9.76. The second-order valence-electron chi connectivity index (χ2n) is 4.25. The summed E-state index contributed by atoms with van der Waals surface area (Å²) >= 11 is 1.63. The molecule has 0 amide bonds. The summed E-state index contributed by atoms with van der Waals surface area (Å²) in [4.78, 5) is 11.2. The minimum Gasteiger partial charge on any atom is -0.320 e. The van der Waals surface area contributed by atoms with Crippen LogP contribution in [-0.4, -0.2) is 11.5 Å². The van der Waals surface area contributed by atoms with Gasteiger partial charge in [0, 0.05) is 28.3 Å². The standard InChI is InChI=1S/C16H14N2O2S/c17-10-2-5-13-3-1-4-14(11-13)12-21-16-8-6-15(7-9-16)18(19)20/h1,3-4,6-9,11H,10,12,17H2. The Bertz CT molecular complexity index is 687. The molecule has 0 fully saturated rings. The molecule has 0 heterocycles. The highest BCUT2D eigenvalue weighted by molar-refractivity contribution is 7.98. The van der Waals surface area contributed by atoms with Crippen molar-refractivity contribution in [3.8, 4) is 11.8 Å². The lowest BCUT2D eigenvalue weighted by atomic mass is 10.1. The maximum atomic E-state index is 10.6. The molecule has 5 heteroatoms. The van der Waals surface area contributed by atoms with Crippen LogP contribution in [-0.2, 0) is 5.75 Å². The maximum Gasteiger partial charge on any atom is 0.269 e. The molecule has 0 saturated carbocycles. The lowest BCUT2D eigenvalue weighted by molar-refractivity contribution is -0.384. The second kappa shape index (κ2) is 7.48. The Morgan fingerprint density at radius 1 is 1.19 bits per heavy atom. The van der Waals surface area contributed by atoms with E-state index >= 15 is 0 Å². The summed E-state index contributed by atoms with van der Waals surface area (Å²) in [6.45, 7) is 0.349. The van der Waals surface area contributed by atoms with Gasteiger partial charge in [-0.25, -0.2) is 0 Å². The topological polar surface area (TPSA) is 69.2 Å². The summed E-state index contributed by atoms with van der Waals surface area (Å²) in [5.41, 5.74) is 7.57.